The Balaban J connectivity index is 2.36. The van der Waals surface area contributed by atoms with Crippen LogP contribution < -0.4 is 10.2 Å². The molecule has 6 heteroatoms. The van der Waals surface area contributed by atoms with Crippen molar-refractivity contribution in [1.29, 1.82) is 0 Å². The standard InChI is InChI=1S/C20H29N2O3P/c1-15(2)16-7-11-18(12-8-16)21-20(26(23,24-5)25-6)17-9-13-19(14-10-17)22(3)4/h7-15,20-21H,1-6H3/t20-/m0/s1. The summed E-state index contributed by atoms with van der Waals surface area (Å²) in [7, 11) is 3.42. The molecule has 1 N–H and O–H groups in total. The summed E-state index contributed by atoms with van der Waals surface area (Å²) in [6.45, 7) is 4.31. The fourth-order valence-electron chi connectivity index (χ4n) is 2.71. The average Bonchev–Trinajstić information content (AvgIpc) is 2.66. The van der Waals surface area contributed by atoms with Gasteiger partial charge in [-0.25, -0.2) is 0 Å². The maximum absolute atomic E-state index is 13.1. The highest BCUT2D eigenvalue weighted by Gasteiger charge is 2.35. The molecule has 2 aromatic rings. The molecule has 0 saturated carbocycles. The van der Waals surface area contributed by atoms with Crippen LogP contribution in [0.15, 0.2) is 48.5 Å². The van der Waals surface area contributed by atoms with Crippen LogP contribution in [-0.2, 0) is 13.6 Å². The number of nitrogens with one attached hydrogen (secondary N) is 1. The van der Waals surface area contributed by atoms with Crippen LogP contribution in [0.2, 0.25) is 0 Å². The summed E-state index contributed by atoms with van der Waals surface area (Å²) in [5.41, 5.74) is 4.03. The minimum atomic E-state index is -3.37. The molecule has 142 valence electrons. The molecule has 0 fully saturated rings. The molecule has 0 spiro atoms. The van der Waals surface area contributed by atoms with E-state index in [0.29, 0.717) is 5.92 Å². The van der Waals surface area contributed by atoms with E-state index in [0.717, 1.165) is 16.9 Å². The number of nitrogens with zero attached hydrogens (tertiary/aromatic N) is 1. The summed E-state index contributed by atoms with van der Waals surface area (Å²) in [6.07, 6.45) is 0. The second kappa shape index (κ2) is 8.72. The summed E-state index contributed by atoms with van der Waals surface area (Å²) < 4.78 is 23.7. The van der Waals surface area contributed by atoms with Gasteiger partial charge in [0, 0.05) is 39.7 Å². The molecule has 0 aliphatic heterocycles. The van der Waals surface area contributed by atoms with E-state index < -0.39 is 13.4 Å². The summed E-state index contributed by atoms with van der Waals surface area (Å²) >= 11 is 0. The van der Waals surface area contributed by atoms with Crippen LogP contribution in [0.1, 0.15) is 36.7 Å². The van der Waals surface area contributed by atoms with E-state index in [1.54, 1.807) is 0 Å². The highest BCUT2D eigenvalue weighted by atomic mass is 31.2. The SMILES string of the molecule is COP(=O)(OC)[C@H](Nc1ccc(C(C)C)cc1)c1ccc(N(C)C)cc1. The predicted octanol–water partition coefficient (Wildman–Crippen LogP) is 5.47. The second-order valence-corrected chi connectivity index (χ2v) is 9.04. The normalized spacial score (nSPS) is 12.9. The fraction of sp³-hybridized carbons (Fsp3) is 0.400. The lowest BCUT2D eigenvalue weighted by atomic mass is 10.0. The molecular formula is C20H29N2O3P. The van der Waals surface area contributed by atoms with Gasteiger partial charge in [0.05, 0.1) is 0 Å². The molecule has 0 radical (unpaired) electrons. The van der Waals surface area contributed by atoms with Gasteiger partial charge in [0.15, 0.2) is 5.78 Å². The van der Waals surface area contributed by atoms with E-state index in [1.165, 1.54) is 19.8 Å². The van der Waals surface area contributed by atoms with E-state index in [9.17, 15) is 4.57 Å². The van der Waals surface area contributed by atoms with Gasteiger partial charge in [0.1, 0.15) is 0 Å². The van der Waals surface area contributed by atoms with Crippen LogP contribution in [0.5, 0.6) is 0 Å². The molecule has 0 unspecified atom stereocenters. The highest BCUT2D eigenvalue weighted by molar-refractivity contribution is 7.54. The zero-order valence-corrected chi connectivity index (χ0v) is 17.3. The number of rotatable bonds is 8. The Morgan fingerprint density at radius 3 is 1.81 bits per heavy atom. The summed E-state index contributed by atoms with van der Waals surface area (Å²) in [5.74, 6) is -0.138. The first-order valence-electron chi connectivity index (χ1n) is 8.65. The highest BCUT2D eigenvalue weighted by Crippen LogP contribution is 2.59. The molecule has 0 aromatic heterocycles. The van der Waals surface area contributed by atoms with Gasteiger partial charge in [-0.2, -0.15) is 0 Å². The lowest BCUT2D eigenvalue weighted by molar-refractivity contribution is 0.268. The third-order valence-electron chi connectivity index (χ3n) is 4.43. The van der Waals surface area contributed by atoms with Crippen LogP contribution in [0.3, 0.4) is 0 Å². The molecule has 0 amide bonds. The van der Waals surface area contributed by atoms with Gasteiger partial charge in [-0.1, -0.05) is 38.1 Å². The third-order valence-corrected chi connectivity index (χ3v) is 6.51. The molecule has 26 heavy (non-hydrogen) atoms. The monoisotopic (exact) mass is 376 g/mol. The van der Waals surface area contributed by atoms with E-state index >= 15 is 0 Å². The first kappa shape index (κ1) is 20.5. The van der Waals surface area contributed by atoms with Crippen molar-refractivity contribution in [3.05, 3.63) is 59.7 Å². The first-order chi connectivity index (χ1) is 12.3. The van der Waals surface area contributed by atoms with Crippen molar-refractivity contribution in [2.45, 2.75) is 25.5 Å². The molecule has 2 rings (SSSR count). The number of anilines is 2. The van der Waals surface area contributed by atoms with Crippen molar-refractivity contribution in [3.8, 4) is 0 Å². The molecule has 0 bridgehead atoms. The Morgan fingerprint density at radius 2 is 1.38 bits per heavy atom. The number of hydrogen-bond donors (Lipinski definition) is 1. The summed E-state index contributed by atoms with van der Waals surface area (Å²) in [6, 6.07) is 16.0. The zero-order valence-electron chi connectivity index (χ0n) is 16.4. The van der Waals surface area contributed by atoms with Crippen molar-refractivity contribution >= 4 is 19.0 Å². The quantitative estimate of drug-likeness (QED) is 0.619. The molecule has 5 nitrogen and oxygen atoms in total. The van der Waals surface area contributed by atoms with Crippen molar-refractivity contribution in [1.82, 2.24) is 0 Å². The Bertz CT molecular complexity index is 735. The van der Waals surface area contributed by atoms with Crippen LogP contribution in [0, 0.1) is 0 Å². The molecular weight excluding hydrogens is 347 g/mol. The minimum absolute atomic E-state index is 0.461. The maximum atomic E-state index is 13.1. The van der Waals surface area contributed by atoms with E-state index in [1.807, 2.05) is 55.4 Å². The van der Waals surface area contributed by atoms with Gasteiger partial charge in [-0.15, -0.1) is 0 Å². The van der Waals surface area contributed by atoms with Crippen LogP contribution in [-0.4, -0.2) is 28.3 Å². The van der Waals surface area contributed by atoms with Crippen molar-refractivity contribution in [3.63, 3.8) is 0 Å². The molecule has 0 saturated heterocycles. The van der Waals surface area contributed by atoms with E-state index in [4.69, 9.17) is 9.05 Å². The minimum Gasteiger partial charge on any atom is -0.378 e. The predicted molar refractivity (Wildman–Crippen MR) is 109 cm³/mol. The molecule has 0 aliphatic rings. The Morgan fingerprint density at radius 1 is 0.885 bits per heavy atom. The van der Waals surface area contributed by atoms with Crippen molar-refractivity contribution in [2.75, 3.05) is 38.5 Å². The van der Waals surface area contributed by atoms with Crippen molar-refractivity contribution < 1.29 is 13.6 Å². The zero-order chi connectivity index (χ0) is 19.3. The molecule has 1 atom stereocenters. The van der Waals surface area contributed by atoms with Gasteiger partial charge in [-0.05, 0) is 41.3 Å². The number of hydrogen-bond acceptors (Lipinski definition) is 5. The van der Waals surface area contributed by atoms with Gasteiger partial charge < -0.3 is 19.3 Å². The number of benzene rings is 2. The van der Waals surface area contributed by atoms with Crippen molar-refractivity contribution in [2.24, 2.45) is 0 Å². The van der Waals surface area contributed by atoms with E-state index in [2.05, 4.69) is 31.3 Å². The molecule has 2 aromatic carbocycles. The fourth-order valence-corrected chi connectivity index (χ4v) is 4.12. The van der Waals surface area contributed by atoms with Gasteiger partial charge in [0.25, 0.3) is 0 Å². The lowest BCUT2D eigenvalue weighted by Gasteiger charge is -2.27. The first-order valence-corrected chi connectivity index (χ1v) is 10.3. The second-order valence-electron chi connectivity index (χ2n) is 6.71. The average molecular weight is 376 g/mol. The van der Waals surface area contributed by atoms with Crippen LogP contribution >= 0.6 is 7.60 Å². The van der Waals surface area contributed by atoms with Gasteiger partial charge in [0.2, 0.25) is 0 Å². The maximum Gasteiger partial charge on any atom is 0.356 e. The molecule has 0 heterocycles. The Kier molecular flexibility index (Phi) is 6.87. The van der Waals surface area contributed by atoms with Crippen LogP contribution in [0.4, 0.5) is 11.4 Å². The smallest absolute Gasteiger partial charge is 0.356 e. The van der Waals surface area contributed by atoms with E-state index in [-0.39, 0.29) is 0 Å². The Hall–Kier alpha value is -1.81. The van der Waals surface area contributed by atoms with Gasteiger partial charge >= 0.3 is 7.60 Å². The summed E-state index contributed by atoms with van der Waals surface area (Å²) in [5, 5.41) is 3.33. The topological polar surface area (TPSA) is 50.8 Å². The van der Waals surface area contributed by atoms with Gasteiger partial charge in [-0.3, -0.25) is 4.57 Å². The summed E-state index contributed by atoms with van der Waals surface area (Å²) in [4.78, 5) is 2.02. The van der Waals surface area contributed by atoms with Crippen LogP contribution in [0.25, 0.3) is 0 Å². The lowest BCUT2D eigenvalue weighted by Crippen LogP contribution is -2.14. The Labute approximate surface area is 156 Å². The largest absolute Gasteiger partial charge is 0.378 e. The third kappa shape index (κ3) is 4.67. The molecule has 0 aliphatic carbocycles.